The lowest BCUT2D eigenvalue weighted by atomic mass is 10.2. The smallest absolute Gasteiger partial charge is 0.283 e. The van der Waals surface area contributed by atoms with Crippen LogP contribution in [0, 0.1) is 18.8 Å². The van der Waals surface area contributed by atoms with E-state index in [1.807, 2.05) is 42.5 Å². The number of benzene rings is 2. The highest BCUT2D eigenvalue weighted by molar-refractivity contribution is 7.16. The summed E-state index contributed by atoms with van der Waals surface area (Å²) >= 11 is 1.55. The van der Waals surface area contributed by atoms with Gasteiger partial charge < -0.3 is 4.42 Å². The Bertz CT molecular complexity index is 673. The molecule has 4 heteroatoms. The van der Waals surface area contributed by atoms with Crippen LogP contribution in [0.25, 0.3) is 10.2 Å². The average molecular weight is 294 g/mol. The van der Waals surface area contributed by atoms with E-state index in [1.165, 1.54) is 22.7 Å². The number of nitrogens with zero attached hydrogens (tertiary/aromatic N) is 2. The number of para-hydroxylation sites is 1. The summed E-state index contributed by atoms with van der Waals surface area (Å²) in [4.78, 5) is 7.44. The average Bonchev–Trinajstić information content (AvgIpc) is 3.23. The third-order valence-corrected chi connectivity index (χ3v) is 3.18. The Balaban J connectivity index is 0.000000121. The van der Waals surface area contributed by atoms with E-state index in [2.05, 4.69) is 45.3 Å². The molecule has 0 saturated carbocycles. The molecule has 0 N–H and O–H groups in total. The van der Waals surface area contributed by atoms with Crippen molar-refractivity contribution in [2.45, 2.75) is 6.92 Å². The fourth-order valence-corrected chi connectivity index (χ4v) is 2.05. The number of hydrogen-bond donors (Lipinski definition) is 0. The highest BCUT2D eigenvalue weighted by Gasteiger charge is 1.90. The zero-order valence-electron chi connectivity index (χ0n) is 11.6. The standard InChI is InChI=1S/C7H4NS.C7H8.C3H2NO/c1-2-4-7-6(3-1)8-5-9-7;1-7-5-3-2-4-6-7;1-2-5-3-4-1/h1-4H;2-6H,1H3;1-2H. The van der Waals surface area contributed by atoms with Gasteiger partial charge in [-0.3, -0.25) is 0 Å². The molecule has 104 valence electrons. The van der Waals surface area contributed by atoms with Crippen LogP contribution >= 0.6 is 11.3 Å². The van der Waals surface area contributed by atoms with Crippen molar-refractivity contribution in [2.75, 3.05) is 0 Å². The summed E-state index contributed by atoms with van der Waals surface area (Å²) in [5, 5.41) is 0. The van der Waals surface area contributed by atoms with Crippen molar-refractivity contribution in [3.05, 3.63) is 84.5 Å². The predicted molar refractivity (Wildman–Crippen MR) is 85.0 cm³/mol. The second-order valence-electron chi connectivity index (χ2n) is 4.05. The minimum Gasteiger partial charge on any atom is -0.441 e. The van der Waals surface area contributed by atoms with Crippen LogP contribution in [0.5, 0.6) is 0 Å². The number of rotatable bonds is 0. The lowest BCUT2D eigenvalue weighted by Crippen LogP contribution is -1.62. The highest BCUT2D eigenvalue weighted by Crippen LogP contribution is 2.14. The number of fused-ring (bicyclic) bond motifs is 1. The summed E-state index contributed by atoms with van der Waals surface area (Å²) in [6.45, 7) is 2.08. The molecule has 0 fully saturated rings. The Kier molecular flexibility index (Phi) is 6.16. The third-order valence-electron chi connectivity index (χ3n) is 2.44. The van der Waals surface area contributed by atoms with E-state index in [0.717, 1.165) is 5.52 Å². The minimum absolute atomic E-state index is 1.04. The first-order valence-corrected chi connectivity index (χ1v) is 7.16. The maximum atomic E-state index is 4.35. The molecular formula is C17H14N2OS. The van der Waals surface area contributed by atoms with Gasteiger partial charge in [-0.05, 0) is 19.1 Å². The lowest BCUT2D eigenvalue weighted by molar-refractivity contribution is 0.548. The molecule has 0 unspecified atom stereocenters. The first kappa shape index (κ1) is 14.9. The molecule has 2 heterocycles. The fourth-order valence-electron chi connectivity index (χ4n) is 1.44. The van der Waals surface area contributed by atoms with Crippen molar-refractivity contribution in [3.8, 4) is 0 Å². The van der Waals surface area contributed by atoms with Gasteiger partial charge in [-0.2, -0.15) is 0 Å². The molecule has 0 aliphatic heterocycles. The van der Waals surface area contributed by atoms with E-state index < -0.39 is 0 Å². The molecule has 4 aromatic rings. The first-order valence-electron chi connectivity index (χ1n) is 6.35. The largest absolute Gasteiger partial charge is 0.441 e. The Morgan fingerprint density at radius 3 is 2.29 bits per heavy atom. The molecule has 0 aliphatic carbocycles. The molecule has 0 atom stereocenters. The van der Waals surface area contributed by atoms with Crippen molar-refractivity contribution < 1.29 is 4.42 Å². The second kappa shape index (κ2) is 8.66. The summed E-state index contributed by atoms with van der Waals surface area (Å²) in [5.74, 6) is 0. The van der Waals surface area contributed by atoms with Crippen molar-refractivity contribution in [1.82, 2.24) is 9.97 Å². The molecule has 0 saturated heterocycles. The minimum atomic E-state index is 1.04. The van der Waals surface area contributed by atoms with Crippen LogP contribution in [0.15, 0.2) is 71.5 Å². The number of hydrogen-bond acceptors (Lipinski definition) is 4. The van der Waals surface area contributed by atoms with Gasteiger partial charge in [0.1, 0.15) is 6.26 Å². The summed E-state index contributed by atoms with van der Waals surface area (Å²) in [7, 11) is 0. The Labute approximate surface area is 127 Å². The van der Waals surface area contributed by atoms with Crippen LogP contribution in [-0.4, -0.2) is 9.97 Å². The van der Waals surface area contributed by atoms with Gasteiger partial charge in [-0.15, -0.1) is 11.3 Å². The predicted octanol–water partition coefficient (Wildman–Crippen LogP) is 4.57. The zero-order valence-corrected chi connectivity index (χ0v) is 12.4. The second-order valence-corrected chi connectivity index (χ2v) is 4.88. The van der Waals surface area contributed by atoms with Gasteiger partial charge >= 0.3 is 0 Å². The van der Waals surface area contributed by atoms with Gasteiger partial charge in [0.05, 0.1) is 16.4 Å². The molecule has 2 aromatic carbocycles. The number of aromatic nitrogens is 2. The topological polar surface area (TPSA) is 38.9 Å². The van der Waals surface area contributed by atoms with Crippen LogP contribution in [0.2, 0.25) is 0 Å². The van der Waals surface area contributed by atoms with E-state index in [0.29, 0.717) is 0 Å². The number of thiazole rings is 1. The van der Waals surface area contributed by atoms with Gasteiger partial charge in [0.2, 0.25) is 0 Å². The SMILES string of the molecule is Cc1ccccc1.[c]1nc2ccccc2s1.[c]1ncco1. The van der Waals surface area contributed by atoms with Gasteiger partial charge in [0.25, 0.3) is 6.39 Å². The molecule has 2 aromatic heterocycles. The van der Waals surface area contributed by atoms with Gasteiger partial charge in [0.15, 0.2) is 5.51 Å². The van der Waals surface area contributed by atoms with Gasteiger partial charge in [-0.1, -0.05) is 48.0 Å². The Morgan fingerprint density at radius 1 is 1.00 bits per heavy atom. The zero-order chi connectivity index (χ0) is 14.8. The third kappa shape index (κ3) is 5.58. The normalized spacial score (nSPS) is 9.19. The summed E-state index contributed by atoms with van der Waals surface area (Å²) in [6.07, 6.45) is 5.22. The molecular weight excluding hydrogens is 280 g/mol. The van der Waals surface area contributed by atoms with Gasteiger partial charge in [0, 0.05) is 0 Å². The monoisotopic (exact) mass is 294 g/mol. The molecule has 0 amide bonds. The maximum Gasteiger partial charge on any atom is 0.283 e. The number of aryl methyl sites for hydroxylation is 1. The van der Waals surface area contributed by atoms with E-state index in [1.54, 1.807) is 11.3 Å². The van der Waals surface area contributed by atoms with Crippen LogP contribution in [0.1, 0.15) is 5.56 Å². The lowest BCUT2D eigenvalue weighted by Gasteiger charge is -1.82. The number of oxazole rings is 1. The van der Waals surface area contributed by atoms with E-state index in [9.17, 15) is 0 Å². The van der Waals surface area contributed by atoms with Crippen LogP contribution in [-0.2, 0) is 0 Å². The maximum absolute atomic E-state index is 4.35. The molecule has 0 aliphatic rings. The van der Waals surface area contributed by atoms with Crippen molar-refractivity contribution in [2.24, 2.45) is 0 Å². The molecule has 0 spiro atoms. The molecule has 4 rings (SSSR count). The Morgan fingerprint density at radius 2 is 1.76 bits per heavy atom. The summed E-state index contributed by atoms with van der Waals surface area (Å²) in [6, 6.07) is 18.3. The fraction of sp³-hybridized carbons (Fsp3) is 0.0588. The summed E-state index contributed by atoms with van der Waals surface area (Å²) in [5.41, 5.74) is 5.20. The highest BCUT2D eigenvalue weighted by atomic mass is 32.1. The van der Waals surface area contributed by atoms with Crippen LogP contribution in [0.3, 0.4) is 0 Å². The molecule has 0 bridgehead atoms. The summed E-state index contributed by atoms with van der Waals surface area (Å²) < 4.78 is 5.55. The van der Waals surface area contributed by atoms with E-state index in [4.69, 9.17) is 0 Å². The van der Waals surface area contributed by atoms with E-state index in [-0.39, 0.29) is 0 Å². The first-order chi connectivity index (χ1) is 10.4. The molecule has 3 nitrogen and oxygen atoms in total. The molecule has 2 radical (unpaired) electrons. The quantitative estimate of drug-likeness (QED) is 0.477. The van der Waals surface area contributed by atoms with Crippen molar-refractivity contribution in [1.29, 1.82) is 0 Å². The van der Waals surface area contributed by atoms with Crippen molar-refractivity contribution in [3.63, 3.8) is 0 Å². The van der Waals surface area contributed by atoms with Crippen LogP contribution < -0.4 is 0 Å². The van der Waals surface area contributed by atoms with Gasteiger partial charge in [-0.25, -0.2) is 9.97 Å². The van der Waals surface area contributed by atoms with Crippen LogP contribution in [0.4, 0.5) is 0 Å². The molecule has 21 heavy (non-hydrogen) atoms. The Hall–Kier alpha value is -2.46. The van der Waals surface area contributed by atoms with E-state index >= 15 is 0 Å². The van der Waals surface area contributed by atoms with Crippen molar-refractivity contribution >= 4 is 21.6 Å².